The molecular formula is C24H26O5. The van der Waals surface area contributed by atoms with E-state index in [9.17, 15) is 20.4 Å². The van der Waals surface area contributed by atoms with E-state index in [4.69, 9.17) is 4.74 Å². The number of fused-ring (bicyclic) bond motifs is 1. The number of aliphatic hydroxyl groups excluding tert-OH is 3. The molecule has 1 aromatic carbocycles. The number of benzene rings is 1. The zero-order valence-electron chi connectivity index (χ0n) is 16.3. The van der Waals surface area contributed by atoms with Crippen molar-refractivity contribution in [3.8, 4) is 16.9 Å². The molecule has 3 aliphatic rings. The summed E-state index contributed by atoms with van der Waals surface area (Å²) < 4.78 is 5.75. The summed E-state index contributed by atoms with van der Waals surface area (Å²) in [5, 5.41) is 40.7. The quantitative estimate of drug-likeness (QED) is 0.546. The molecule has 5 heteroatoms. The van der Waals surface area contributed by atoms with Crippen LogP contribution >= 0.6 is 0 Å². The molecular weight excluding hydrogens is 368 g/mol. The van der Waals surface area contributed by atoms with Gasteiger partial charge in [-0.2, -0.15) is 0 Å². The number of aliphatic hydroxyl groups is 3. The second kappa shape index (κ2) is 8.13. The Bertz CT molecular complexity index is 923. The average molecular weight is 394 g/mol. The van der Waals surface area contributed by atoms with E-state index in [1.165, 1.54) is 11.1 Å². The first-order valence-electron chi connectivity index (χ1n) is 9.90. The lowest BCUT2D eigenvalue weighted by Crippen LogP contribution is -2.50. The molecule has 0 radical (unpaired) electrons. The topological polar surface area (TPSA) is 90.2 Å². The largest absolute Gasteiger partial charge is 0.508 e. The van der Waals surface area contributed by atoms with Gasteiger partial charge >= 0.3 is 0 Å². The average Bonchev–Trinajstić information content (AvgIpc) is 2.96. The van der Waals surface area contributed by atoms with Crippen LogP contribution in [0.2, 0.25) is 0 Å². The monoisotopic (exact) mass is 394 g/mol. The molecule has 1 aromatic rings. The highest BCUT2D eigenvalue weighted by atomic mass is 16.5. The third-order valence-electron chi connectivity index (χ3n) is 5.87. The first-order valence-corrected chi connectivity index (χ1v) is 9.90. The van der Waals surface area contributed by atoms with Gasteiger partial charge in [0, 0.05) is 11.5 Å². The van der Waals surface area contributed by atoms with Crippen molar-refractivity contribution in [2.24, 2.45) is 5.92 Å². The highest BCUT2D eigenvalue weighted by molar-refractivity contribution is 5.68. The van der Waals surface area contributed by atoms with E-state index in [1.807, 2.05) is 30.3 Å². The summed E-state index contributed by atoms with van der Waals surface area (Å²) in [5.41, 5.74) is 4.94. The van der Waals surface area contributed by atoms with Crippen LogP contribution in [0, 0.1) is 5.92 Å². The number of rotatable bonds is 4. The van der Waals surface area contributed by atoms with Crippen molar-refractivity contribution in [3.63, 3.8) is 0 Å². The van der Waals surface area contributed by atoms with Gasteiger partial charge < -0.3 is 25.2 Å². The van der Waals surface area contributed by atoms with Gasteiger partial charge in [-0.15, -0.1) is 0 Å². The molecule has 0 aromatic heterocycles. The van der Waals surface area contributed by atoms with Gasteiger partial charge in [0.05, 0.1) is 18.8 Å². The smallest absolute Gasteiger partial charge is 0.121 e. The third-order valence-corrected chi connectivity index (χ3v) is 5.87. The van der Waals surface area contributed by atoms with Crippen molar-refractivity contribution < 1.29 is 25.2 Å². The Balaban J connectivity index is 1.63. The first kappa shape index (κ1) is 19.9. The zero-order valence-corrected chi connectivity index (χ0v) is 16.3. The first-order chi connectivity index (χ1) is 14.0. The molecule has 4 rings (SSSR count). The number of phenols is 1. The molecule has 5 nitrogen and oxygen atoms in total. The zero-order chi connectivity index (χ0) is 20.5. The third kappa shape index (κ3) is 3.87. The Morgan fingerprint density at radius 1 is 0.862 bits per heavy atom. The molecule has 1 heterocycles. The molecule has 2 aliphatic carbocycles. The summed E-state index contributed by atoms with van der Waals surface area (Å²) in [6.45, 7) is 1.36. The van der Waals surface area contributed by atoms with Crippen molar-refractivity contribution in [1.82, 2.24) is 0 Å². The minimum atomic E-state index is -0.990. The van der Waals surface area contributed by atoms with Crippen LogP contribution in [0.25, 0.3) is 11.1 Å². The van der Waals surface area contributed by atoms with Gasteiger partial charge in [0.25, 0.3) is 0 Å². The normalized spacial score (nSPS) is 27.2. The van der Waals surface area contributed by atoms with E-state index in [-0.39, 0.29) is 12.4 Å². The van der Waals surface area contributed by atoms with Gasteiger partial charge in [0.2, 0.25) is 0 Å². The minimum absolute atomic E-state index is 0.0257. The maximum Gasteiger partial charge on any atom is 0.121 e. The minimum Gasteiger partial charge on any atom is -0.508 e. The lowest BCUT2D eigenvalue weighted by Gasteiger charge is -2.41. The molecule has 1 saturated heterocycles. The fourth-order valence-corrected chi connectivity index (χ4v) is 4.13. The standard InChI is InChI=1S/C24H26O5/c1-14-22(27)21(13-25)29-24(23(14)28)19-12-15(7-8-20(19)26)9-16-10-17-5-3-2-4-6-18(17)11-16/h2-8,10-12,14,21-28H,9,13H2,1H3. The van der Waals surface area contributed by atoms with E-state index in [2.05, 4.69) is 24.3 Å². The van der Waals surface area contributed by atoms with E-state index < -0.39 is 30.3 Å². The highest BCUT2D eigenvalue weighted by Crippen LogP contribution is 2.39. The van der Waals surface area contributed by atoms with Crippen LogP contribution in [0.15, 0.2) is 60.7 Å². The Morgan fingerprint density at radius 3 is 2.21 bits per heavy atom. The lowest BCUT2D eigenvalue weighted by molar-refractivity contribution is -0.208. The van der Waals surface area contributed by atoms with Gasteiger partial charge in [-0.05, 0) is 40.8 Å². The molecule has 0 bridgehead atoms. The molecule has 152 valence electrons. The molecule has 0 spiro atoms. The van der Waals surface area contributed by atoms with E-state index in [0.29, 0.717) is 12.0 Å². The van der Waals surface area contributed by atoms with Crippen molar-refractivity contribution in [2.75, 3.05) is 6.61 Å². The Kier molecular flexibility index (Phi) is 5.56. The second-order valence-corrected chi connectivity index (χ2v) is 7.87. The maximum atomic E-state index is 10.6. The van der Waals surface area contributed by atoms with Gasteiger partial charge in [-0.3, -0.25) is 0 Å². The SMILES string of the molecule is CC1C(O)C(CO)OC(c2cc(Cc3cc4cccccc-4c3)ccc2O)C1O. The summed E-state index contributed by atoms with van der Waals surface area (Å²) in [7, 11) is 0. The summed E-state index contributed by atoms with van der Waals surface area (Å²) in [4.78, 5) is 0. The molecule has 29 heavy (non-hydrogen) atoms. The molecule has 0 saturated carbocycles. The number of ether oxygens (including phenoxy) is 1. The second-order valence-electron chi connectivity index (χ2n) is 7.87. The van der Waals surface area contributed by atoms with E-state index in [0.717, 1.165) is 11.1 Å². The van der Waals surface area contributed by atoms with Gasteiger partial charge in [-0.25, -0.2) is 0 Å². The van der Waals surface area contributed by atoms with Crippen LogP contribution in [0.3, 0.4) is 0 Å². The Labute approximate surface area is 170 Å². The number of hydrogen-bond acceptors (Lipinski definition) is 5. The molecule has 5 unspecified atom stereocenters. The van der Waals surface area contributed by atoms with Gasteiger partial charge in [-0.1, -0.05) is 55.5 Å². The number of hydrogen-bond donors (Lipinski definition) is 4. The predicted octanol–water partition coefficient (Wildman–Crippen LogP) is 2.88. The lowest BCUT2D eigenvalue weighted by atomic mass is 9.84. The molecule has 5 atom stereocenters. The number of phenolic OH excluding ortho intramolecular Hbond substituents is 1. The van der Waals surface area contributed by atoms with E-state index in [1.54, 1.807) is 13.0 Å². The van der Waals surface area contributed by atoms with Crippen molar-refractivity contribution in [3.05, 3.63) is 77.4 Å². The maximum absolute atomic E-state index is 10.6. The molecule has 4 N–H and O–H groups in total. The van der Waals surface area contributed by atoms with Crippen LogP contribution in [-0.2, 0) is 11.2 Å². The molecule has 1 aliphatic heterocycles. The van der Waals surface area contributed by atoms with Gasteiger partial charge in [0.1, 0.15) is 18.0 Å². The van der Waals surface area contributed by atoms with Crippen molar-refractivity contribution >= 4 is 0 Å². The molecule has 0 amide bonds. The van der Waals surface area contributed by atoms with Crippen LogP contribution < -0.4 is 0 Å². The predicted molar refractivity (Wildman–Crippen MR) is 110 cm³/mol. The Morgan fingerprint density at radius 2 is 1.55 bits per heavy atom. The molecule has 1 fully saturated rings. The van der Waals surface area contributed by atoms with Crippen molar-refractivity contribution in [1.29, 1.82) is 0 Å². The van der Waals surface area contributed by atoms with Crippen LogP contribution in [0.4, 0.5) is 0 Å². The Hall–Kier alpha value is -2.44. The fraction of sp³-hybridized carbons (Fsp3) is 0.333. The summed E-state index contributed by atoms with van der Waals surface area (Å²) >= 11 is 0. The number of aromatic hydroxyl groups is 1. The highest BCUT2D eigenvalue weighted by Gasteiger charge is 2.43. The van der Waals surface area contributed by atoms with Gasteiger partial charge in [0.15, 0.2) is 0 Å². The van der Waals surface area contributed by atoms with Crippen LogP contribution in [0.5, 0.6) is 5.75 Å². The van der Waals surface area contributed by atoms with Crippen molar-refractivity contribution in [2.45, 2.75) is 37.8 Å². The summed E-state index contributed by atoms with van der Waals surface area (Å²) in [6, 6.07) is 19.8. The van der Waals surface area contributed by atoms with Crippen LogP contribution in [-0.4, -0.2) is 45.3 Å². The summed E-state index contributed by atoms with van der Waals surface area (Å²) in [6.07, 6.45) is -2.90. The van der Waals surface area contributed by atoms with E-state index >= 15 is 0 Å². The van der Waals surface area contributed by atoms with Crippen LogP contribution in [0.1, 0.15) is 29.7 Å². The summed E-state index contributed by atoms with van der Waals surface area (Å²) in [5.74, 6) is -0.465. The fourth-order valence-electron chi connectivity index (χ4n) is 4.13.